The highest BCUT2D eigenvalue weighted by atomic mass is 16.3. The maximum absolute atomic E-state index is 12.7. The van der Waals surface area contributed by atoms with Crippen molar-refractivity contribution in [2.45, 2.75) is 71.4 Å². The summed E-state index contributed by atoms with van der Waals surface area (Å²) >= 11 is 0. The Hall–Kier alpha value is -1.43. The van der Waals surface area contributed by atoms with Crippen LogP contribution in [0.4, 0.5) is 0 Å². The summed E-state index contributed by atoms with van der Waals surface area (Å²) in [5.41, 5.74) is 16.3. The van der Waals surface area contributed by atoms with Crippen LogP contribution in [0.2, 0.25) is 0 Å². The molecular weight excluding hydrogens is 352 g/mol. The molecule has 10 heteroatoms. The lowest BCUT2D eigenvalue weighted by Gasteiger charge is -2.27. The van der Waals surface area contributed by atoms with Crippen LogP contribution in [0.1, 0.15) is 47.0 Å². The summed E-state index contributed by atoms with van der Waals surface area (Å²) in [6.45, 7) is 6.74. The molecule has 0 aliphatic heterocycles. The molecule has 0 aliphatic carbocycles. The van der Waals surface area contributed by atoms with Gasteiger partial charge in [-0.15, -0.1) is 0 Å². The standard InChI is InChI=1S/C17H36N6O4/c1-5-10(2)15(23-22-14(9-24)12(4)26)16(27)21-13(11(3)25)7-6-8-20-17(18)19/h10,13-15,17,20,22-24H,5-9,18-19H2,1-4H3,(H,21,27)/t10-,13-,14-,15?/m0/s1. The fraction of sp³-hybridized carbons (Fsp3) is 0.824. The fourth-order valence-corrected chi connectivity index (χ4v) is 2.38. The zero-order valence-corrected chi connectivity index (χ0v) is 16.7. The largest absolute Gasteiger partial charge is 0.394 e. The van der Waals surface area contributed by atoms with Crippen molar-refractivity contribution in [3.63, 3.8) is 0 Å². The van der Waals surface area contributed by atoms with Gasteiger partial charge in [-0.25, -0.2) is 10.9 Å². The lowest BCUT2D eigenvalue weighted by molar-refractivity contribution is -0.130. The number of carbonyl (C=O) groups is 3. The minimum Gasteiger partial charge on any atom is -0.394 e. The quantitative estimate of drug-likeness (QED) is 0.0960. The first-order valence-electron chi connectivity index (χ1n) is 9.31. The van der Waals surface area contributed by atoms with Gasteiger partial charge < -0.3 is 21.9 Å². The van der Waals surface area contributed by atoms with Gasteiger partial charge in [0.05, 0.1) is 12.6 Å². The molecule has 0 saturated heterocycles. The summed E-state index contributed by atoms with van der Waals surface area (Å²) in [7, 11) is 0. The van der Waals surface area contributed by atoms with Crippen molar-refractivity contribution in [2.75, 3.05) is 13.2 Å². The number of ketones is 2. The van der Waals surface area contributed by atoms with Gasteiger partial charge in [0.15, 0.2) is 5.78 Å². The van der Waals surface area contributed by atoms with Crippen molar-refractivity contribution < 1.29 is 19.5 Å². The van der Waals surface area contributed by atoms with Gasteiger partial charge in [0.1, 0.15) is 24.2 Å². The molecule has 1 amide bonds. The van der Waals surface area contributed by atoms with E-state index >= 15 is 0 Å². The Morgan fingerprint density at radius 3 is 2.07 bits per heavy atom. The molecule has 0 aliphatic rings. The summed E-state index contributed by atoms with van der Waals surface area (Å²) in [5, 5.41) is 14.8. The van der Waals surface area contributed by atoms with Crippen LogP contribution in [0, 0.1) is 5.92 Å². The van der Waals surface area contributed by atoms with Crippen LogP contribution in [-0.4, -0.2) is 60.1 Å². The predicted octanol–water partition coefficient (Wildman–Crippen LogP) is -1.91. The highest BCUT2D eigenvalue weighted by molar-refractivity contribution is 5.89. The highest BCUT2D eigenvalue weighted by Crippen LogP contribution is 2.09. The first-order valence-corrected chi connectivity index (χ1v) is 9.31. The second-order valence-electron chi connectivity index (χ2n) is 6.79. The molecule has 0 aromatic carbocycles. The summed E-state index contributed by atoms with van der Waals surface area (Å²) in [4.78, 5) is 36.0. The molecule has 0 rings (SSSR count). The zero-order valence-electron chi connectivity index (χ0n) is 16.7. The Bertz CT molecular complexity index is 474. The van der Waals surface area contributed by atoms with Gasteiger partial charge in [-0.2, -0.15) is 0 Å². The normalized spacial score (nSPS) is 15.9. The number of aliphatic hydroxyl groups is 1. The smallest absolute Gasteiger partial charge is 0.239 e. The Morgan fingerprint density at radius 1 is 1.04 bits per heavy atom. The van der Waals surface area contributed by atoms with Crippen molar-refractivity contribution in [3.8, 4) is 0 Å². The van der Waals surface area contributed by atoms with Crippen molar-refractivity contribution in [1.82, 2.24) is 21.5 Å². The van der Waals surface area contributed by atoms with E-state index in [0.717, 1.165) is 0 Å². The van der Waals surface area contributed by atoms with Crippen LogP contribution in [0.15, 0.2) is 0 Å². The maximum Gasteiger partial charge on any atom is 0.239 e. The Labute approximate surface area is 161 Å². The number of rotatable bonds is 15. The predicted molar refractivity (Wildman–Crippen MR) is 103 cm³/mol. The molecule has 4 atom stereocenters. The van der Waals surface area contributed by atoms with E-state index < -0.39 is 24.4 Å². The van der Waals surface area contributed by atoms with E-state index in [4.69, 9.17) is 11.5 Å². The second kappa shape index (κ2) is 13.7. The number of nitrogens with two attached hydrogens (primary N) is 2. The molecule has 0 bridgehead atoms. The van der Waals surface area contributed by atoms with Crippen LogP contribution in [-0.2, 0) is 14.4 Å². The van der Waals surface area contributed by atoms with Gasteiger partial charge >= 0.3 is 0 Å². The SMILES string of the molecule is CC[C@H](C)C(NN[C@@H](CO)C(C)=O)C(=O)N[C@@H](CCCNC(N)N)C(C)=O. The molecule has 9 N–H and O–H groups in total. The molecule has 0 saturated carbocycles. The van der Waals surface area contributed by atoms with Crippen molar-refractivity contribution in [1.29, 1.82) is 0 Å². The van der Waals surface area contributed by atoms with Gasteiger partial charge in [0, 0.05) is 0 Å². The minimum absolute atomic E-state index is 0.0617. The average Bonchev–Trinajstić information content (AvgIpc) is 2.59. The number of nitrogens with one attached hydrogen (secondary N) is 4. The molecule has 158 valence electrons. The molecule has 10 nitrogen and oxygen atoms in total. The molecular formula is C17H36N6O4. The van der Waals surface area contributed by atoms with E-state index in [1.165, 1.54) is 13.8 Å². The first-order chi connectivity index (χ1) is 12.6. The summed E-state index contributed by atoms with van der Waals surface area (Å²) < 4.78 is 0. The van der Waals surface area contributed by atoms with Crippen LogP contribution >= 0.6 is 0 Å². The van der Waals surface area contributed by atoms with Gasteiger partial charge in [-0.3, -0.25) is 19.7 Å². The fourth-order valence-electron chi connectivity index (χ4n) is 2.38. The third-order valence-electron chi connectivity index (χ3n) is 4.44. The second-order valence-corrected chi connectivity index (χ2v) is 6.79. The van der Waals surface area contributed by atoms with Gasteiger partial charge in [0.2, 0.25) is 5.91 Å². The number of Topliss-reactive ketones (excluding diaryl/α,β-unsaturated/α-hetero) is 2. The number of hydrazine groups is 1. The number of hydrogen-bond donors (Lipinski definition) is 7. The third-order valence-corrected chi connectivity index (χ3v) is 4.44. The molecule has 0 radical (unpaired) electrons. The van der Waals surface area contributed by atoms with E-state index in [2.05, 4.69) is 21.5 Å². The molecule has 0 aromatic heterocycles. The summed E-state index contributed by atoms with van der Waals surface area (Å²) in [6, 6.07) is -2.09. The monoisotopic (exact) mass is 388 g/mol. The Balaban J connectivity index is 4.86. The van der Waals surface area contributed by atoms with E-state index in [9.17, 15) is 19.5 Å². The minimum atomic E-state index is -0.806. The molecule has 27 heavy (non-hydrogen) atoms. The maximum atomic E-state index is 12.7. The topological polar surface area (TPSA) is 172 Å². The van der Waals surface area contributed by atoms with Crippen molar-refractivity contribution >= 4 is 17.5 Å². The van der Waals surface area contributed by atoms with Gasteiger partial charge in [-0.1, -0.05) is 20.3 Å². The highest BCUT2D eigenvalue weighted by Gasteiger charge is 2.28. The number of aliphatic hydroxyl groups excluding tert-OH is 1. The van der Waals surface area contributed by atoms with Crippen LogP contribution < -0.4 is 33.0 Å². The lowest BCUT2D eigenvalue weighted by Crippen LogP contribution is -2.59. The van der Waals surface area contributed by atoms with Crippen LogP contribution in [0.5, 0.6) is 0 Å². The number of carbonyl (C=O) groups excluding carboxylic acids is 3. The molecule has 1 unspecified atom stereocenters. The molecule has 0 aromatic rings. The van der Waals surface area contributed by atoms with E-state index in [0.29, 0.717) is 25.8 Å². The Kier molecular flexibility index (Phi) is 13.0. The first kappa shape index (κ1) is 25.6. The van der Waals surface area contributed by atoms with E-state index in [-0.39, 0.29) is 30.0 Å². The van der Waals surface area contributed by atoms with Crippen molar-refractivity contribution in [3.05, 3.63) is 0 Å². The molecule has 0 spiro atoms. The van der Waals surface area contributed by atoms with E-state index in [1.807, 2.05) is 13.8 Å². The zero-order chi connectivity index (χ0) is 21.0. The van der Waals surface area contributed by atoms with Crippen LogP contribution in [0.3, 0.4) is 0 Å². The number of hydrogen-bond acceptors (Lipinski definition) is 9. The van der Waals surface area contributed by atoms with Crippen LogP contribution in [0.25, 0.3) is 0 Å². The number of amides is 1. The summed E-state index contributed by atoms with van der Waals surface area (Å²) in [5.74, 6) is -0.803. The summed E-state index contributed by atoms with van der Waals surface area (Å²) in [6.07, 6.45) is 1.15. The van der Waals surface area contributed by atoms with Crippen molar-refractivity contribution in [2.24, 2.45) is 17.4 Å². The van der Waals surface area contributed by atoms with Gasteiger partial charge in [0.25, 0.3) is 0 Å². The van der Waals surface area contributed by atoms with Gasteiger partial charge in [-0.05, 0) is 39.2 Å². The average molecular weight is 389 g/mol. The molecule has 0 fully saturated rings. The van der Waals surface area contributed by atoms with E-state index in [1.54, 1.807) is 0 Å². The molecule has 0 heterocycles. The lowest BCUT2D eigenvalue weighted by atomic mass is 9.98. The third kappa shape index (κ3) is 10.5. The Morgan fingerprint density at radius 2 is 1.63 bits per heavy atom.